The van der Waals surface area contributed by atoms with Crippen molar-refractivity contribution in [3.8, 4) is 11.5 Å². The Morgan fingerprint density at radius 3 is 2.25 bits per heavy atom. The first-order valence-electron chi connectivity index (χ1n) is 14.0. The fourth-order valence-electron chi connectivity index (χ4n) is 3.47. The number of methoxy groups -OCH3 is 1. The Balaban J connectivity index is 0.000000372. The summed E-state index contributed by atoms with van der Waals surface area (Å²) in [5, 5.41) is 7.99. The highest BCUT2D eigenvalue weighted by Crippen LogP contribution is 2.29. The number of nitrogens with zero attached hydrogens (tertiary/aromatic N) is 1. The smallest absolute Gasteiger partial charge is 0.311 e. The van der Waals surface area contributed by atoms with Gasteiger partial charge in [-0.05, 0) is 25.3 Å². The molecule has 1 amide bonds. The van der Waals surface area contributed by atoms with Crippen LogP contribution in [-0.4, -0.2) is 66.5 Å². The molecule has 44 heavy (non-hydrogen) atoms. The summed E-state index contributed by atoms with van der Waals surface area (Å²) in [5.74, 6) is -2.89. The van der Waals surface area contributed by atoms with Crippen LogP contribution in [0.3, 0.4) is 0 Å². The van der Waals surface area contributed by atoms with Gasteiger partial charge in [0.15, 0.2) is 17.2 Å². The highest BCUT2D eigenvalue weighted by atomic mass is 16.7. The van der Waals surface area contributed by atoms with Gasteiger partial charge in [0.25, 0.3) is 5.91 Å². The number of esters is 3. The molecule has 1 aromatic heterocycles. The summed E-state index contributed by atoms with van der Waals surface area (Å²) in [6.07, 6.45) is 2.35. The Bertz CT molecular complexity index is 1230. The van der Waals surface area contributed by atoms with E-state index in [9.17, 15) is 24.0 Å². The Hall–Kier alpha value is -4.68. The Morgan fingerprint density at radius 2 is 1.70 bits per heavy atom. The monoisotopic (exact) mass is 618 g/mol. The average molecular weight is 619 g/mol. The lowest BCUT2D eigenvalue weighted by Gasteiger charge is -2.18. The van der Waals surface area contributed by atoms with Gasteiger partial charge in [-0.1, -0.05) is 58.0 Å². The van der Waals surface area contributed by atoms with E-state index in [0.717, 1.165) is 5.56 Å². The second-order valence-electron chi connectivity index (χ2n) is 10.3. The fourth-order valence-corrected chi connectivity index (χ4v) is 3.47. The summed E-state index contributed by atoms with van der Waals surface area (Å²) >= 11 is 0. The lowest BCUT2D eigenvalue weighted by Crippen LogP contribution is -2.24. The Labute approximate surface area is 257 Å². The molecule has 3 rings (SSSR count). The number of pyridine rings is 1. The molecule has 0 radical (unpaired) electrons. The maximum absolute atomic E-state index is 12.0. The van der Waals surface area contributed by atoms with Gasteiger partial charge in [0, 0.05) is 12.3 Å². The van der Waals surface area contributed by atoms with E-state index in [0.29, 0.717) is 12.8 Å². The lowest BCUT2D eigenvalue weighted by molar-refractivity contribution is -0.154. The SMILES string of the molecule is CC(C)C(=O)O.CC1CC(Cc2ccccc2)C(=O)OCCC(=O)O1.COc1ccnc(C(N)=O)c1OCOC(=O)C(C)C. The van der Waals surface area contributed by atoms with Crippen LogP contribution in [0.15, 0.2) is 42.6 Å². The molecule has 13 heteroatoms. The Morgan fingerprint density at radius 1 is 1.07 bits per heavy atom. The van der Waals surface area contributed by atoms with Crippen LogP contribution in [-0.2, 0) is 39.8 Å². The molecule has 0 saturated carbocycles. The summed E-state index contributed by atoms with van der Waals surface area (Å²) in [6, 6.07) is 11.3. The zero-order valence-electron chi connectivity index (χ0n) is 25.9. The quantitative estimate of drug-likeness (QED) is 0.236. The molecule has 2 aromatic rings. The number of primary amides is 1. The van der Waals surface area contributed by atoms with Crippen LogP contribution < -0.4 is 15.2 Å². The molecule has 242 valence electrons. The van der Waals surface area contributed by atoms with Crippen molar-refractivity contribution < 1.29 is 52.8 Å². The van der Waals surface area contributed by atoms with Crippen molar-refractivity contribution in [1.29, 1.82) is 0 Å². The van der Waals surface area contributed by atoms with Crippen molar-refractivity contribution in [2.45, 2.75) is 60.0 Å². The summed E-state index contributed by atoms with van der Waals surface area (Å²) < 4.78 is 25.4. The molecule has 1 aliphatic heterocycles. The molecule has 0 aliphatic carbocycles. The number of aromatic nitrogens is 1. The average Bonchev–Trinajstić information content (AvgIpc) is 3.02. The number of hydrogen-bond donors (Lipinski definition) is 2. The van der Waals surface area contributed by atoms with E-state index < -0.39 is 17.8 Å². The maximum atomic E-state index is 12.0. The topological polar surface area (TPSA) is 191 Å². The molecule has 1 aromatic carbocycles. The van der Waals surface area contributed by atoms with Gasteiger partial charge in [0.2, 0.25) is 6.79 Å². The third kappa shape index (κ3) is 14.0. The number of cyclic esters (lactones) is 2. The number of aliphatic carboxylic acids is 1. The van der Waals surface area contributed by atoms with Gasteiger partial charge in [-0.25, -0.2) is 4.98 Å². The van der Waals surface area contributed by atoms with Crippen LogP contribution in [0.25, 0.3) is 0 Å². The van der Waals surface area contributed by atoms with E-state index in [4.69, 9.17) is 34.5 Å². The molecule has 3 N–H and O–H groups in total. The van der Waals surface area contributed by atoms with Gasteiger partial charge < -0.3 is 34.5 Å². The minimum atomic E-state index is -0.760. The first-order chi connectivity index (χ1) is 20.8. The highest BCUT2D eigenvalue weighted by molar-refractivity contribution is 5.94. The number of carboxylic acids is 1. The predicted molar refractivity (Wildman–Crippen MR) is 158 cm³/mol. The van der Waals surface area contributed by atoms with Crippen molar-refractivity contribution in [2.24, 2.45) is 23.5 Å². The molecule has 1 fully saturated rings. The molecule has 0 spiro atoms. The fraction of sp³-hybridized carbons (Fsp3) is 0.484. The molecule has 1 aliphatic rings. The van der Waals surface area contributed by atoms with E-state index in [1.807, 2.05) is 37.3 Å². The number of hydrogen-bond acceptors (Lipinski definition) is 11. The van der Waals surface area contributed by atoms with Crippen LogP contribution in [0.2, 0.25) is 0 Å². The van der Waals surface area contributed by atoms with E-state index in [1.165, 1.54) is 19.4 Å². The number of nitrogens with two attached hydrogens (primary N) is 1. The number of carboxylic acid groups (broad SMARTS) is 1. The van der Waals surface area contributed by atoms with Crippen molar-refractivity contribution in [1.82, 2.24) is 4.98 Å². The molecule has 0 bridgehead atoms. The van der Waals surface area contributed by atoms with Crippen molar-refractivity contribution in [3.05, 3.63) is 53.9 Å². The largest absolute Gasteiger partial charge is 0.493 e. The van der Waals surface area contributed by atoms with E-state index in [2.05, 4.69) is 4.98 Å². The predicted octanol–water partition coefficient (Wildman–Crippen LogP) is 3.57. The summed E-state index contributed by atoms with van der Waals surface area (Å²) in [7, 11) is 1.41. The third-order valence-electron chi connectivity index (χ3n) is 5.85. The van der Waals surface area contributed by atoms with Gasteiger partial charge in [0.05, 0.1) is 37.4 Å². The third-order valence-corrected chi connectivity index (χ3v) is 5.85. The van der Waals surface area contributed by atoms with E-state index in [-0.39, 0.29) is 72.8 Å². The lowest BCUT2D eigenvalue weighted by atomic mass is 9.94. The molecule has 2 heterocycles. The van der Waals surface area contributed by atoms with Crippen molar-refractivity contribution >= 4 is 29.8 Å². The second kappa shape index (κ2) is 19.5. The number of rotatable bonds is 9. The molecule has 2 atom stereocenters. The number of carbonyl (C=O) groups excluding carboxylic acids is 4. The van der Waals surface area contributed by atoms with Gasteiger partial charge in [-0.15, -0.1) is 0 Å². The summed E-state index contributed by atoms with van der Waals surface area (Å²) in [4.78, 5) is 59.3. The first-order valence-corrected chi connectivity index (χ1v) is 14.0. The summed E-state index contributed by atoms with van der Waals surface area (Å²) in [5.41, 5.74) is 6.18. The van der Waals surface area contributed by atoms with Crippen molar-refractivity contribution in [2.75, 3.05) is 20.5 Å². The number of ether oxygens (including phenoxy) is 5. The number of benzene rings is 1. The van der Waals surface area contributed by atoms with E-state index in [1.54, 1.807) is 27.7 Å². The second-order valence-corrected chi connectivity index (χ2v) is 10.3. The molecule has 1 saturated heterocycles. The molecular weight excluding hydrogens is 576 g/mol. The van der Waals surface area contributed by atoms with Gasteiger partial charge in [-0.2, -0.15) is 0 Å². The normalized spacial score (nSPS) is 16.3. The first kappa shape index (κ1) is 37.3. The van der Waals surface area contributed by atoms with Crippen LogP contribution in [0.4, 0.5) is 0 Å². The minimum absolute atomic E-state index is 0.0501. The number of amides is 1. The molecular formula is C31H42N2O11. The summed E-state index contributed by atoms with van der Waals surface area (Å²) in [6.45, 7) is 8.25. The zero-order chi connectivity index (χ0) is 33.2. The standard InChI is InChI=1S/C15H18O4.C12H16N2O5.C4H8O2/c1-11-9-13(10-12-5-3-2-4-6-12)15(17)18-8-7-14(16)19-11;1-7(2)12(16)19-6-18-10-8(17-3)4-5-14-9(10)11(13)15;1-3(2)4(5)6/h2-6,11,13H,7-10H2,1H3;4-5,7H,6H2,1-3H3,(H2,13,15);3H,1-2H3,(H,5,6). The minimum Gasteiger partial charge on any atom is -0.493 e. The molecule has 13 nitrogen and oxygen atoms in total. The zero-order valence-corrected chi connectivity index (χ0v) is 25.9. The van der Waals surface area contributed by atoms with Crippen LogP contribution in [0.5, 0.6) is 11.5 Å². The van der Waals surface area contributed by atoms with Crippen LogP contribution >= 0.6 is 0 Å². The van der Waals surface area contributed by atoms with E-state index >= 15 is 0 Å². The highest BCUT2D eigenvalue weighted by Gasteiger charge is 2.27. The van der Waals surface area contributed by atoms with Crippen LogP contribution in [0, 0.1) is 17.8 Å². The van der Waals surface area contributed by atoms with Gasteiger partial charge in [-0.3, -0.25) is 24.0 Å². The van der Waals surface area contributed by atoms with Crippen molar-refractivity contribution in [3.63, 3.8) is 0 Å². The Kier molecular flexibility index (Phi) is 16.5. The van der Waals surface area contributed by atoms with Crippen LogP contribution in [0.1, 0.15) is 63.5 Å². The molecule has 2 unspecified atom stereocenters. The number of carbonyl (C=O) groups is 5. The maximum Gasteiger partial charge on any atom is 0.311 e. The van der Waals surface area contributed by atoms with Gasteiger partial charge >= 0.3 is 23.9 Å². The van der Waals surface area contributed by atoms with Gasteiger partial charge in [0.1, 0.15) is 6.61 Å².